The number of aromatic nitrogens is 1. The Labute approximate surface area is 166 Å². The summed E-state index contributed by atoms with van der Waals surface area (Å²) in [6.07, 6.45) is 0. The van der Waals surface area contributed by atoms with Gasteiger partial charge >= 0.3 is 0 Å². The highest BCUT2D eigenvalue weighted by atomic mass is 35.5. The summed E-state index contributed by atoms with van der Waals surface area (Å²) in [7, 11) is 0. The third-order valence-electron chi connectivity index (χ3n) is 4.60. The molecular weight excluding hydrogens is 388 g/mol. The predicted octanol–water partition coefficient (Wildman–Crippen LogP) is 1.76. The van der Waals surface area contributed by atoms with Crippen LogP contribution < -0.4 is 14.8 Å². The van der Waals surface area contributed by atoms with E-state index in [1.54, 1.807) is 30.0 Å². The summed E-state index contributed by atoms with van der Waals surface area (Å²) in [6, 6.07) is 4.90. The molecule has 0 atom stereocenters. The molecule has 3 heterocycles. The van der Waals surface area contributed by atoms with Crippen LogP contribution in [0.2, 0.25) is 5.02 Å². The van der Waals surface area contributed by atoms with Crippen molar-refractivity contribution in [3.05, 3.63) is 34.5 Å². The fourth-order valence-corrected chi connectivity index (χ4v) is 3.46. The zero-order chi connectivity index (χ0) is 19.7. The number of amides is 2. The Hall–Kier alpha value is -2.78. The second kappa shape index (κ2) is 7.69. The molecule has 2 aliphatic rings. The Morgan fingerprint density at radius 2 is 1.96 bits per heavy atom. The molecular formula is C18H19ClN4O5. The van der Waals surface area contributed by atoms with Gasteiger partial charge in [-0.3, -0.25) is 14.5 Å². The van der Waals surface area contributed by atoms with Gasteiger partial charge in [0.15, 0.2) is 17.3 Å². The molecule has 10 heteroatoms. The summed E-state index contributed by atoms with van der Waals surface area (Å²) in [5.74, 6) is 1.69. The van der Waals surface area contributed by atoms with Gasteiger partial charge in [0.25, 0.3) is 5.91 Å². The topological polar surface area (TPSA) is 97.1 Å². The Balaban J connectivity index is 1.31. The maximum absolute atomic E-state index is 12.8. The van der Waals surface area contributed by atoms with Crippen LogP contribution in [0, 0.1) is 6.92 Å². The van der Waals surface area contributed by atoms with Crippen molar-refractivity contribution in [3.8, 4) is 11.5 Å². The van der Waals surface area contributed by atoms with E-state index in [0.717, 1.165) is 0 Å². The maximum atomic E-state index is 12.8. The summed E-state index contributed by atoms with van der Waals surface area (Å²) in [4.78, 5) is 28.6. The number of aryl methyl sites for hydroxylation is 1. The van der Waals surface area contributed by atoms with Gasteiger partial charge in [0.05, 0.1) is 11.6 Å². The van der Waals surface area contributed by atoms with Gasteiger partial charge in [-0.1, -0.05) is 16.8 Å². The van der Waals surface area contributed by atoms with Crippen molar-refractivity contribution in [1.82, 2.24) is 15.0 Å². The zero-order valence-electron chi connectivity index (χ0n) is 15.2. The minimum absolute atomic E-state index is 0.0986. The molecule has 1 N–H and O–H groups in total. The van der Waals surface area contributed by atoms with Crippen LogP contribution in [0.5, 0.6) is 11.5 Å². The first-order valence-corrected chi connectivity index (χ1v) is 9.21. The van der Waals surface area contributed by atoms with Crippen LogP contribution in [0.1, 0.15) is 16.1 Å². The number of fused-ring (bicyclic) bond motifs is 1. The maximum Gasteiger partial charge on any atom is 0.254 e. The number of carbonyl (C=O) groups excluding carboxylic acids is 2. The fourth-order valence-electron chi connectivity index (χ4n) is 3.19. The van der Waals surface area contributed by atoms with E-state index in [1.807, 2.05) is 4.90 Å². The summed E-state index contributed by atoms with van der Waals surface area (Å²) >= 11 is 6.17. The van der Waals surface area contributed by atoms with Gasteiger partial charge in [0.1, 0.15) is 5.76 Å². The first-order valence-electron chi connectivity index (χ1n) is 8.83. The molecule has 1 aromatic heterocycles. The van der Waals surface area contributed by atoms with Gasteiger partial charge in [-0.2, -0.15) is 0 Å². The number of hydrogen-bond acceptors (Lipinski definition) is 7. The number of rotatable bonds is 4. The number of benzene rings is 1. The molecule has 2 aromatic rings. The molecule has 9 nitrogen and oxygen atoms in total. The van der Waals surface area contributed by atoms with Crippen LogP contribution in [0.4, 0.5) is 5.82 Å². The minimum Gasteiger partial charge on any atom is -0.454 e. The van der Waals surface area contributed by atoms with E-state index in [2.05, 4.69) is 10.5 Å². The van der Waals surface area contributed by atoms with E-state index < -0.39 is 0 Å². The molecule has 0 bridgehead atoms. The number of carbonyl (C=O) groups is 2. The van der Waals surface area contributed by atoms with Crippen molar-refractivity contribution in [2.75, 3.05) is 44.8 Å². The molecule has 0 saturated carbocycles. The van der Waals surface area contributed by atoms with Crippen molar-refractivity contribution in [2.45, 2.75) is 6.92 Å². The van der Waals surface area contributed by atoms with Crippen molar-refractivity contribution < 1.29 is 23.6 Å². The fraction of sp³-hybridized carbons (Fsp3) is 0.389. The lowest BCUT2D eigenvalue weighted by Gasteiger charge is -2.34. The van der Waals surface area contributed by atoms with E-state index in [1.165, 1.54) is 0 Å². The monoisotopic (exact) mass is 406 g/mol. The van der Waals surface area contributed by atoms with Crippen LogP contribution >= 0.6 is 11.6 Å². The van der Waals surface area contributed by atoms with Gasteiger partial charge < -0.3 is 24.2 Å². The molecule has 0 radical (unpaired) electrons. The number of hydrogen-bond donors (Lipinski definition) is 1. The standard InChI is InChI=1S/C18H19ClN4O5/c1-11-6-15(21-28-11)20-16(24)9-22-2-4-23(5-3-22)18(25)12-7-13(19)17-14(8-12)26-10-27-17/h6-8H,2-5,9-10H2,1H3,(H,20,21,24). The predicted molar refractivity (Wildman–Crippen MR) is 99.8 cm³/mol. The first kappa shape index (κ1) is 18.6. The van der Waals surface area contributed by atoms with E-state index in [4.69, 9.17) is 25.6 Å². The quantitative estimate of drug-likeness (QED) is 0.826. The lowest BCUT2D eigenvalue weighted by atomic mass is 10.1. The highest BCUT2D eigenvalue weighted by molar-refractivity contribution is 6.32. The van der Waals surface area contributed by atoms with Gasteiger partial charge in [-0.25, -0.2) is 0 Å². The Bertz CT molecular complexity index is 907. The van der Waals surface area contributed by atoms with Gasteiger partial charge in [-0.15, -0.1) is 0 Å². The molecule has 0 unspecified atom stereocenters. The Kier molecular flexibility index (Phi) is 5.10. The van der Waals surface area contributed by atoms with Gasteiger partial charge in [0.2, 0.25) is 12.7 Å². The molecule has 28 heavy (non-hydrogen) atoms. The highest BCUT2D eigenvalue weighted by Crippen LogP contribution is 2.40. The van der Waals surface area contributed by atoms with Crippen LogP contribution in [0.3, 0.4) is 0 Å². The smallest absolute Gasteiger partial charge is 0.254 e. The number of ether oxygens (including phenoxy) is 2. The van der Waals surface area contributed by atoms with E-state index >= 15 is 0 Å². The van der Waals surface area contributed by atoms with E-state index in [-0.39, 0.29) is 25.2 Å². The average molecular weight is 407 g/mol. The number of piperazine rings is 1. The lowest BCUT2D eigenvalue weighted by Crippen LogP contribution is -2.50. The number of anilines is 1. The normalized spacial score (nSPS) is 16.3. The number of nitrogens with zero attached hydrogens (tertiary/aromatic N) is 3. The van der Waals surface area contributed by atoms with Crippen molar-refractivity contribution in [3.63, 3.8) is 0 Å². The summed E-state index contributed by atoms with van der Waals surface area (Å²) in [5.41, 5.74) is 0.460. The Morgan fingerprint density at radius 1 is 1.18 bits per heavy atom. The molecule has 1 fully saturated rings. The van der Waals surface area contributed by atoms with Crippen LogP contribution in [-0.4, -0.2) is 66.3 Å². The summed E-state index contributed by atoms with van der Waals surface area (Å²) in [6.45, 7) is 4.30. The number of halogens is 1. The Morgan fingerprint density at radius 3 is 2.68 bits per heavy atom. The number of nitrogens with one attached hydrogen (secondary N) is 1. The second-order valence-electron chi connectivity index (χ2n) is 6.63. The largest absolute Gasteiger partial charge is 0.454 e. The SMILES string of the molecule is Cc1cc(NC(=O)CN2CCN(C(=O)c3cc(Cl)c4c(c3)OCO4)CC2)no1. The molecule has 1 saturated heterocycles. The van der Waals surface area contributed by atoms with Crippen molar-refractivity contribution in [1.29, 1.82) is 0 Å². The van der Waals surface area contributed by atoms with Gasteiger partial charge in [0, 0.05) is 37.8 Å². The molecule has 0 spiro atoms. The zero-order valence-corrected chi connectivity index (χ0v) is 16.0. The molecule has 4 rings (SSSR count). The first-order chi connectivity index (χ1) is 13.5. The summed E-state index contributed by atoms with van der Waals surface area (Å²) in [5, 5.41) is 6.79. The van der Waals surface area contributed by atoms with Crippen LogP contribution in [0.15, 0.2) is 22.7 Å². The molecule has 0 aliphatic carbocycles. The van der Waals surface area contributed by atoms with E-state index in [0.29, 0.717) is 59.8 Å². The second-order valence-corrected chi connectivity index (χ2v) is 7.04. The molecule has 1 aromatic carbocycles. The molecule has 148 valence electrons. The van der Waals surface area contributed by atoms with Crippen LogP contribution in [-0.2, 0) is 4.79 Å². The highest BCUT2D eigenvalue weighted by Gasteiger charge is 2.26. The molecule has 2 aliphatic heterocycles. The molecule has 2 amide bonds. The van der Waals surface area contributed by atoms with E-state index in [9.17, 15) is 9.59 Å². The third kappa shape index (κ3) is 3.90. The van der Waals surface area contributed by atoms with Gasteiger partial charge in [-0.05, 0) is 19.1 Å². The minimum atomic E-state index is -0.171. The van der Waals surface area contributed by atoms with Crippen LogP contribution in [0.25, 0.3) is 0 Å². The summed E-state index contributed by atoms with van der Waals surface area (Å²) < 4.78 is 15.5. The van der Waals surface area contributed by atoms with Crippen molar-refractivity contribution >= 4 is 29.2 Å². The van der Waals surface area contributed by atoms with Crippen molar-refractivity contribution in [2.24, 2.45) is 0 Å². The lowest BCUT2D eigenvalue weighted by molar-refractivity contribution is -0.117. The average Bonchev–Trinajstić information content (AvgIpc) is 3.30. The third-order valence-corrected chi connectivity index (χ3v) is 4.88.